The maximum atomic E-state index is 2.29. The molecule has 0 radical (unpaired) electrons. The zero-order valence-electron chi connectivity index (χ0n) is 13.4. The minimum absolute atomic E-state index is 0.407. The van der Waals surface area contributed by atoms with Crippen LogP contribution in [-0.4, -0.2) is 5.29 Å². The van der Waals surface area contributed by atoms with Crippen molar-refractivity contribution in [2.24, 2.45) is 5.92 Å². The highest BCUT2D eigenvalue weighted by Crippen LogP contribution is 2.24. The molecular formula is C21H21P. The lowest BCUT2D eigenvalue weighted by atomic mass is 10.0. The van der Waals surface area contributed by atoms with E-state index >= 15 is 0 Å². The quantitative estimate of drug-likeness (QED) is 0.688. The molecule has 1 aliphatic carbocycles. The topological polar surface area (TPSA) is 0 Å². The Balaban J connectivity index is 2.14. The maximum Gasteiger partial charge on any atom is 0.0254 e. The molecule has 0 nitrogen and oxygen atoms in total. The maximum absolute atomic E-state index is 2.29. The van der Waals surface area contributed by atoms with E-state index < -0.39 is 0 Å². The second-order valence-corrected chi connectivity index (χ2v) is 7.06. The van der Waals surface area contributed by atoms with Crippen molar-refractivity contribution in [3.8, 4) is 0 Å². The highest BCUT2D eigenvalue weighted by Gasteiger charge is 2.14. The van der Waals surface area contributed by atoms with E-state index in [1.807, 2.05) is 0 Å². The summed E-state index contributed by atoms with van der Waals surface area (Å²) in [5.41, 5.74) is 5.46. The van der Waals surface area contributed by atoms with Gasteiger partial charge < -0.3 is 0 Å². The average molecular weight is 304 g/mol. The summed E-state index contributed by atoms with van der Waals surface area (Å²) in [5.74, 6) is 0.407. The Hall–Kier alpha value is -1.91. The lowest BCUT2D eigenvalue weighted by Crippen LogP contribution is -2.13. The molecule has 3 rings (SSSR count). The van der Waals surface area contributed by atoms with Gasteiger partial charge in [0.25, 0.3) is 0 Å². The minimum Gasteiger partial charge on any atom is -0.0729 e. The largest absolute Gasteiger partial charge is 0.0729 e. The van der Waals surface area contributed by atoms with Gasteiger partial charge in [0.1, 0.15) is 0 Å². The van der Waals surface area contributed by atoms with Gasteiger partial charge in [-0.3, -0.25) is 0 Å². The van der Waals surface area contributed by atoms with Crippen LogP contribution in [0.1, 0.15) is 22.3 Å². The van der Waals surface area contributed by atoms with Crippen molar-refractivity contribution in [1.82, 2.24) is 0 Å². The Kier molecular flexibility index (Phi) is 4.41. The number of hydrogen-bond donors (Lipinski definition) is 0. The second kappa shape index (κ2) is 6.46. The minimum atomic E-state index is 0.407. The van der Waals surface area contributed by atoms with Crippen molar-refractivity contribution in [3.05, 3.63) is 89.0 Å². The summed E-state index contributed by atoms with van der Waals surface area (Å²) < 4.78 is 0. The first kappa shape index (κ1) is 15.0. The van der Waals surface area contributed by atoms with E-state index in [1.54, 1.807) is 0 Å². The van der Waals surface area contributed by atoms with E-state index in [9.17, 15) is 0 Å². The first-order chi connectivity index (χ1) is 10.6. The molecule has 2 aromatic carbocycles. The molecule has 0 unspecified atom stereocenters. The molecule has 0 amide bonds. The average Bonchev–Trinajstić information content (AvgIpc) is 3.01. The Labute approximate surface area is 135 Å². The van der Waals surface area contributed by atoms with Gasteiger partial charge in [-0.2, -0.15) is 0 Å². The fourth-order valence-electron chi connectivity index (χ4n) is 3.02. The van der Waals surface area contributed by atoms with Crippen molar-refractivity contribution in [3.63, 3.8) is 0 Å². The lowest BCUT2D eigenvalue weighted by Gasteiger charge is -2.14. The predicted octanol–water partition coefficient (Wildman–Crippen LogP) is 5.15. The SMILES string of the molecule is Cc1cc(C)c(P=C(c2ccccc2)C2C=CC=C2)c(C)c1. The van der Waals surface area contributed by atoms with Crippen LogP contribution in [-0.2, 0) is 0 Å². The van der Waals surface area contributed by atoms with Gasteiger partial charge in [0, 0.05) is 11.2 Å². The van der Waals surface area contributed by atoms with Crippen LogP contribution < -0.4 is 5.30 Å². The summed E-state index contributed by atoms with van der Waals surface area (Å²) in [7, 11) is 1.32. The fourth-order valence-corrected chi connectivity index (χ4v) is 4.35. The molecule has 1 aliphatic rings. The number of aryl methyl sites for hydroxylation is 3. The molecule has 0 fully saturated rings. The number of allylic oxidation sites excluding steroid dienone is 4. The fraction of sp³-hybridized carbons (Fsp3) is 0.190. The summed E-state index contributed by atoms with van der Waals surface area (Å²) in [6, 6.07) is 15.4. The van der Waals surface area contributed by atoms with E-state index in [2.05, 4.69) is 87.5 Å². The molecule has 0 aromatic heterocycles. The van der Waals surface area contributed by atoms with Crippen LogP contribution in [0.25, 0.3) is 0 Å². The molecule has 1 heteroatoms. The van der Waals surface area contributed by atoms with Crippen LogP contribution in [0.3, 0.4) is 0 Å². The summed E-state index contributed by atoms with van der Waals surface area (Å²) in [5, 5.41) is 2.90. The van der Waals surface area contributed by atoms with Crippen molar-refractivity contribution in [2.45, 2.75) is 20.8 Å². The van der Waals surface area contributed by atoms with Crippen LogP contribution >= 0.6 is 8.20 Å². The van der Waals surface area contributed by atoms with Crippen LogP contribution in [0.15, 0.2) is 66.8 Å². The number of hydrogen-bond acceptors (Lipinski definition) is 0. The molecule has 0 saturated heterocycles. The Morgan fingerprint density at radius 3 is 2.05 bits per heavy atom. The van der Waals surface area contributed by atoms with Crippen molar-refractivity contribution in [2.75, 3.05) is 0 Å². The molecule has 0 bridgehead atoms. The number of rotatable bonds is 3. The first-order valence-corrected chi connectivity index (χ1v) is 8.61. The molecule has 0 heterocycles. The smallest absolute Gasteiger partial charge is 0.0254 e. The van der Waals surface area contributed by atoms with E-state index in [4.69, 9.17) is 0 Å². The molecule has 0 spiro atoms. The monoisotopic (exact) mass is 304 g/mol. The van der Waals surface area contributed by atoms with Gasteiger partial charge in [-0.1, -0.05) is 80.5 Å². The standard InChI is InChI=1S/C21H21P/c1-15-13-16(2)20(17(3)14-15)22-21(19-11-7-8-12-19)18-9-5-4-6-10-18/h4-14,19H,1-3H3. The Morgan fingerprint density at radius 2 is 1.45 bits per heavy atom. The van der Waals surface area contributed by atoms with E-state index in [0.29, 0.717) is 5.92 Å². The van der Waals surface area contributed by atoms with Crippen LogP contribution in [0.5, 0.6) is 0 Å². The van der Waals surface area contributed by atoms with E-state index in [0.717, 1.165) is 0 Å². The summed E-state index contributed by atoms with van der Waals surface area (Å²) in [6.07, 6.45) is 8.87. The third-order valence-corrected chi connectivity index (χ3v) is 5.73. The summed E-state index contributed by atoms with van der Waals surface area (Å²) >= 11 is 0. The van der Waals surface area contributed by atoms with Gasteiger partial charge in [0.05, 0.1) is 0 Å². The van der Waals surface area contributed by atoms with Crippen LogP contribution in [0.2, 0.25) is 0 Å². The van der Waals surface area contributed by atoms with Gasteiger partial charge in [-0.05, 0) is 42.8 Å². The molecule has 0 aliphatic heterocycles. The predicted molar refractivity (Wildman–Crippen MR) is 99.5 cm³/mol. The summed E-state index contributed by atoms with van der Waals surface area (Å²) in [4.78, 5) is 0. The molecule has 0 atom stereocenters. The Morgan fingerprint density at radius 1 is 0.864 bits per heavy atom. The van der Waals surface area contributed by atoms with Crippen molar-refractivity contribution < 1.29 is 0 Å². The molecule has 22 heavy (non-hydrogen) atoms. The van der Waals surface area contributed by atoms with Crippen LogP contribution in [0, 0.1) is 26.7 Å². The van der Waals surface area contributed by atoms with Crippen molar-refractivity contribution in [1.29, 1.82) is 0 Å². The zero-order valence-corrected chi connectivity index (χ0v) is 14.3. The molecular weight excluding hydrogens is 283 g/mol. The van der Waals surface area contributed by atoms with Crippen molar-refractivity contribution >= 4 is 18.8 Å². The normalized spacial score (nSPS) is 14.8. The van der Waals surface area contributed by atoms with Gasteiger partial charge >= 0.3 is 0 Å². The Bertz CT molecular complexity index is 729. The molecule has 0 saturated carbocycles. The van der Waals surface area contributed by atoms with Gasteiger partial charge in [0.2, 0.25) is 0 Å². The lowest BCUT2D eigenvalue weighted by molar-refractivity contribution is 1.19. The summed E-state index contributed by atoms with van der Waals surface area (Å²) in [6.45, 7) is 6.63. The van der Waals surface area contributed by atoms with Gasteiger partial charge in [-0.15, -0.1) is 0 Å². The molecule has 110 valence electrons. The first-order valence-electron chi connectivity index (χ1n) is 7.72. The highest BCUT2D eigenvalue weighted by molar-refractivity contribution is 7.50. The van der Waals surface area contributed by atoms with Gasteiger partial charge in [0.15, 0.2) is 0 Å². The molecule has 0 N–H and O–H groups in total. The van der Waals surface area contributed by atoms with Crippen LogP contribution in [0.4, 0.5) is 0 Å². The van der Waals surface area contributed by atoms with Gasteiger partial charge in [-0.25, -0.2) is 0 Å². The van der Waals surface area contributed by atoms with E-state index in [-0.39, 0.29) is 0 Å². The zero-order chi connectivity index (χ0) is 15.5. The third kappa shape index (κ3) is 3.13. The van der Waals surface area contributed by atoms with E-state index in [1.165, 1.54) is 41.1 Å². The molecule has 2 aromatic rings. The number of benzene rings is 2. The highest BCUT2D eigenvalue weighted by atomic mass is 31.1. The second-order valence-electron chi connectivity index (χ2n) is 5.91. The third-order valence-electron chi connectivity index (χ3n) is 4.00.